The van der Waals surface area contributed by atoms with Gasteiger partial charge in [0.15, 0.2) is 0 Å². The third-order valence-electron chi connectivity index (χ3n) is 5.21. The van der Waals surface area contributed by atoms with Crippen LogP contribution >= 0.6 is 24.0 Å². The SMILES string of the molecule is Cl.NCC1(c2cccc(Cl)c2)CCC(NCc2ccccc2)CC1. The molecule has 0 unspecified atom stereocenters. The van der Waals surface area contributed by atoms with Crippen molar-refractivity contribution >= 4 is 24.0 Å². The topological polar surface area (TPSA) is 38.0 Å². The molecule has 4 heteroatoms. The minimum absolute atomic E-state index is 0. The Morgan fingerprint density at radius 2 is 1.75 bits per heavy atom. The van der Waals surface area contributed by atoms with Crippen molar-refractivity contribution in [2.45, 2.75) is 43.7 Å². The van der Waals surface area contributed by atoms with E-state index < -0.39 is 0 Å². The Labute approximate surface area is 156 Å². The van der Waals surface area contributed by atoms with Gasteiger partial charge >= 0.3 is 0 Å². The van der Waals surface area contributed by atoms with E-state index in [0.717, 1.165) is 37.3 Å². The van der Waals surface area contributed by atoms with Gasteiger partial charge < -0.3 is 11.1 Å². The van der Waals surface area contributed by atoms with Crippen LogP contribution in [0.5, 0.6) is 0 Å². The zero-order valence-corrected chi connectivity index (χ0v) is 15.5. The highest BCUT2D eigenvalue weighted by molar-refractivity contribution is 6.30. The van der Waals surface area contributed by atoms with Crippen LogP contribution in [0.25, 0.3) is 0 Å². The van der Waals surface area contributed by atoms with E-state index in [1.165, 1.54) is 11.1 Å². The van der Waals surface area contributed by atoms with Crippen LogP contribution in [0, 0.1) is 0 Å². The smallest absolute Gasteiger partial charge is 0.0408 e. The molecule has 0 atom stereocenters. The Hall–Kier alpha value is -1.06. The van der Waals surface area contributed by atoms with E-state index in [9.17, 15) is 0 Å². The molecule has 0 spiro atoms. The molecule has 0 saturated heterocycles. The maximum atomic E-state index is 6.18. The molecule has 1 saturated carbocycles. The van der Waals surface area contributed by atoms with Crippen molar-refractivity contribution in [2.24, 2.45) is 5.73 Å². The molecule has 24 heavy (non-hydrogen) atoms. The van der Waals surface area contributed by atoms with Gasteiger partial charge in [0.25, 0.3) is 0 Å². The van der Waals surface area contributed by atoms with Crippen molar-refractivity contribution in [2.75, 3.05) is 6.54 Å². The van der Waals surface area contributed by atoms with Crippen LogP contribution in [0.4, 0.5) is 0 Å². The lowest BCUT2D eigenvalue weighted by Crippen LogP contribution is -2.43. The molecule has 1 aliphatic rings. The van der Waals surface area contributed by atoms with Crippen molar-refractivity contribution in [3.63, 3.8) is 0 Å². The molecule has 0 bridgehead atoms. The van der Waals surface area contributed by atoms with Crippen LogP contribution in [-0.2, 0) is 12.0 Å². The van der Waals surface area contributed by atoms with E-state index in [0.29, 0.717) is 12.6 Å². The average molecular weight is 365 g/mol. The van der Waals surface area contributed by atoms with E-state index >= 15 is 0 Å². The van der Waals surface area contributed by atoms with Gasteiger partial charge in [-0.1, -0.05) is 54.1 Å². The van der Waals surface area contributed by atoms with E-state index in [1.807, 2.05) is 12.1 Å². The minimum atomic E-state index is 0. The van der Waals surface area contributed by atoms with Gasteiger partial charge in [0, 0.05) is 29.6 Å². The molecular formula is C20H26Cl2N2. The molecule has 0 radical (unpaired) electrons. The second-order valence-electron chi connectivity index (χ2n) is 6.64. The Bertz CT molecular complexity index is 623. The number of halogens is 2. The summed E-state index contributed by atoms with van der Waals surface area (Å²) in [6.07, 6.45) is 4.57. The number of benzene rings is 2. The highest BCUT2D eigenvalue weighted by atomic mass is 35.5. The fraction of sp³-hybridized carbons (Fsp3) is 0.400. The maximum absolute atomic E-state index is 6.18. The monoisotopic (exact) mass is 364 g/mol. The Morgan fingerprint density at radius 3 is 2.38 bits per heavy atom. The Morgan fingerprint density at radius 1 is 1.04 bits per heavy atom. The molecule has 2 aromatic rings. The lowest BCUT2D eigenvalue weighted by atomic mass is 9.68. The molecule has 3 N–H and O–H groups in total. The lowest BCUT2D eigenvalue weighted by molar-refractivity contribution is 0.251. The molecule has 2 nitrogen and oxygen atoms in total. The van der Waals surface area contributed by atoms with Crippen LogP contribution in [0.2, 0.25) is 5.02 Å². The Kier molecular flexibility index (Phi) is 7.12. The van der Waals surface area contributed by atoms with E-state index in [2.05, 4.69) is 47.8 Å². The summed E-state index contributed by atoms with van der Waals surface area (Å²) in [7, 11) is 0. The zero-order chi connectivity index (χ0) is 16.1. The standard InChI is InChI=1S/C20H25ClN2.ClH/c21-18-8-4-7-17(13-18)20(15-22)11-9-19(10-12-20)23-14-16-5-2-1-3-6-16;/h1-8,13,19,23H,9-12,14-15,22H2;1H. The third-order valence-corrected chi connectivity index (χ3v) is 5.44. The van der Waals surface area contributed by atoms with Gasteiger partial charge in [-0.3, -0.25) is 0 Å². The summed E-state index contributed by atoms with van der Waals surface area (Å²) < 4.78 is 0. The molecule has 3 rings (SSSR count). The van der Waals surface area contributed by atoms with Crippen LogP contribution in [0.3, 0.4) is 0 Å². The molecule has 130 valence electrons. The van der Waals surface area contributed by atoms with Gasteiger partial charge in [-0.05, 0) is 48.9 Å². The summed E-state index contributed by atoms with van der Waals surface area (Å²) in [5, 5.41) is 4.50. The summed E-state index contributed by atoms with van der Waals surface area (Å²) in [5.41, 5.74) is 8.91. The summed E-state index contributed by atoms with van der Waals surface area (Å²) >= 11 is 6.18. The van der Waals surface area contributed by atoms with Gasteiger partial charge in [-0.25, -0.2) is 0 Å². The van der Waals surface area contributed by atoms with Gasteiger partial charge in [0.05, 0.1) is 0 Å². The van der Waals surface area contributed by atoms with Crippen LogP contribution < -0.4 is 11.1 Å². The third kappa shape index (κ3) is 4.52. The first-order valence-electron chi connectivity index (χ1n) is 8.45. The predicted octanol–water partition coefficient (Wildman–Crippen LogP) is 4.69. The quantitative estimate of drug-likeness (QED) is 0.807. The second-order valence-corrected chi connectivity index (χ2v) is 7.07. The zero-order valence-electron chi connectivity index (χ0n) is 13.9. The molecule has 0 aliphatic heterocycles. The minimum Gasteiger partial charge on any atom is -0.330 e. The van der Waals surface area contributed by atoms with Gasteiger partial charge in [0.2, 0.25) is 0 Å². The van der Waals surface area contributed by atoms with Gasteiger partial charge in [0.1, 0.15) is 0 Å². The summed E-state index contributed by atoms with van der Waals surface area (Å²) in [6, 6.07) is 19.4. The molecule has 1 aliphatic carbocycles. The number of hydrogen-bond donors (Lipinski definition) is 2. The van der Waals surface area contributed by atoms with Gasteiger partial charge in [-0.15, -0.1) is 12.4 Å². The molecule has 2 aromatic carbocycles. The van der Waals surface area contributed by atoms with E-state index in [4.69, 9.17) is 17.3 Å². The summed E-state index contributed by atoms with van der Waals surface area (Å²) in [4.78, 5) is 0. The van der Waals surface area contributed by atoms with Crippen LogP contribution in [0.1, 0.15) is 36.8 Å². The van der Waals surface area contributed by atoms with Crippen LogP contribution in [-0.4, -0.2) is 12.6 Å². The van der Waals surface area contributed by atoms with E-state index in [-0.39, 0.29) is 17.8 Å². The largest absolute Gasteiger partial charge is 0.330 e. The molecular weight excluding hydrogens is 339 g/mol. The summed E-state index contributed by atoms with van der Waals surface area (Å²) in [5.74, 6) is 0. The fourth-order valence-electron chi connectivity index (χ4n) is 3.66. The predicted molar refractivity (Wildman–Crippen MR) is 105 cm³/mol. The lowest BCUT2D eigenvalue weighted by Gasteiger charge is -2.40. The first-order valence-corrected chi connectivity index (χ1v) is 8.83. The first kappa shape index (κ1) is 19.3. The molecule has 0 aromatic heterocycles. The molecule has 1 fully saturated rings. The highest BCUT2D eigenvalue weighted by Gasteiger charge is 2.35. The van der Waals surface area contributed by atoms with Crippen molar-refractivity contribution in [1.82, 2.24) is 5.32 Å². The normalized spacial score (nSPS) is 23.5. The average Bonchev–Trinajstić information content (AvgIpc) is 2.61. The highest BCUT2D eigenvalue weighted by Crippen LogP contribution is 2.39. The van der Waals surface area contributed by atoms with E-state index in [1.54, 1.807) is 0 Å². The van der Waals surface area contributed by atoms with Crippen molar-refractivity contribution < 1.29 is 0 Å². The first-order chi connectivity index (χ1) is 11.2. The van der Waals surface area contributed by atoms with Crippen molar-refractivity contribution in [3.8, 4) is 0 Å². The fourth-order valence-corrected chi connectivity index (χ4v) is 3.85. The molecule has 0 heterocycles. The van der Waals surface area contributed by atoms with Gasteiger partial charge in [-0.2, -0.15) is 0 Å². The second kappa shape index (κ2) is 8.87. The molecule has 0 amide bonds. The van der Waals surface area contributed by atoms with Crippen LogP contribution in [0.15, 0.2) is 54.6 Å². The number of nitrogens with two attached hydrogens (primary N) is 1. The summed E-state index contributed by atoms with van der Waals surface area (Å²) in [6.45, 7) is 1.64. The van der Waals surface area contributed by atoms with Crippen molar-refractivity contribution in [1.29, 1.82) is 0 Å². The number of hydrogen-bond acceptors (Lipinski definition) is 2. The maximum Gasteiger partial charge on any atom is 0.0408 e. The Balaban J connectivity index is 0.00000208. The number of rotatable bonds is 5. The number of nitrogens with one attached hydrogen (secondary N) is 1. The van der Waals surface area contributed by atoms with Crippen molar-refractivity contribution in [3.05, 3.63) is 70.7 Å².